The summed E-state index contributed by atoms with van der Waals surface area (Å²) in [6, 6.07) is 2.20. The van der Waals surface area contributed by atoms with Gasteiger partial charge in [-0.25, -0.2) is 9.97 Å². The fraction of sp³-hybridized carbons (Fsp3) is 0.682. The van der Waals surface area contributed by atoms with Crippen molar-refractivity contribution in [2.24, 2.45) is 7.05 Å². The summed E-state index contributed by atoms with van der Waals surface area (Å²) < 4.78 is 2.14. The Hall–Kier alpha value is -2.15. The molecular weight excluding hydrogens is 362 g/mol. The third-order valence-corrected chi connectivity index (χ3v) is 6.76. The highest BCUT2D eigenvalue weighted by atomic mass is 15.3. The summed E-state index contributed by atoms with van der Waals surface area (Å²) in [4.78, 5) is 16.9. The molecule has 3 aliphatic rings. The van der Waals surface area contributed by atoms with Gasteiger partial charge in [0, 0.05) is 58.9 Å². The van der Waals surface area contributed by atoms with Gasteiger partial charge < -0.3 is 9.80 Å². The molecule has 29 heavy (non-hydrogen) atoms. The monoisotopic (exact) mass is 395 g/mol. The van der Waals surface area contributed by atoms with Crippen LogP contribution in [0.15, 0.2) is 6.07 Å². The van der Waals surface area contributed by atoms with Crippen LogP contribution in [0, 0.1) is 6.92 Å². The summed E-state index contributed by atoms with van der Waals surface area (Å²) in [6.45, 7) is 9.48. The van der Waals surface area contributed by atoms with Gasteiger partial charge in [-0.1, -0.05) is 0 Å². The predicted molar refractivity (Wildman–Crippen MR) is 116 cm³/mol. The van der Waals surface area contributed by atoms with Crippen molar-refractivity contribution in [3.05, 3.63) is 28.8 Å². The number of anilines is 2. The lowest BCUT2D eigenvalue weighted by molar-refractivity contribution is 0.242. The number of aryl methyl sites for hydroxylation is 3. The fourth-order valence-corrected chi connectivity index (χ4v) is 5.10. The highest BCUT2D eigenvalue weighted by molar-refractivity contribution is 5.51. The number of piperazine rings is 1. The Morgan fingerprint density at radius 2 is 1.48 bits per heavy atom. The molecular formula is C22H33N7. The standard InChI is InChI=1S/C22H33N7/c1-17-23-21(28-9-5-6-10-28)15-22(24-17)29-13-11-27(12-14-29)16-20-18-7-3-4-8-19(18)25-26(20)2/h15H,3-14,16H2,1-2H3. The largest absolute Gasteiger partial charge is 0.356 e. The maximum atomic E-state index is 4.79. The minimum atomic E-state index is 0.883. The molecule has 0 bridgehead atoms. The Kier molecular flexibility index (Phi) is 5.16. The molecule has 5 rings (SSSR count). The highest BCUT2D eigenvalue weighted by Gasteiger charge is 2.24. The number of fused-ring (bicyclic) bond motifs is 1. The molecule has 2 fully saturated rings. The van der Waals surface area contributed by atoms with Crippen molar-refractivity contribution < 1.29 is 0 Å². The van der Waals surface area contributed by atoms with Crippen LogP contribution in [0.2, 0.25) is 0 Å². The van der Waals surface area contributed by atoms with Crippen LogP contribution in [0.25, 0.3) is 0 Å². The van der Waals surface area contributed by atoms with E-state index in [1.165, 1.54) is 49.1 Å². The predicted octanol–water partition coefficient (Wildman–Crippen LogP) is 2.32. The highest BCUT2D eigenvalue weighted by Crippen LogP contribution is 2.26. The fourth-order valence-electron chi connectivity index (χ4n) is 5.10. The van der Waals surface area contributed by atoms with E-state index in [9.17, 15) is 0 Å². The number of nitrogens with zero attached hydrogens (tertiary/aromatic N) is 7. The van der Waals surface area contributed by atoms with Crippen LogP contribution < -0.4 is 9.80 Å². The summed E-state index contributed by atoms with van der Waals surface area (Å²) >= 11 is 0. The van der Waals surface area contributed by atoms with Gasteiger partial charge in [0.05, 0.1) is 11.4 Å². The quantitative estimate of drug-likeness (QED) is 0.792. The Morgan fingerprint density at radius 3 is 2.21 bits per heavy atom. The third-order valence-electron chi connectivity index (χ3n) is 6.76. The first kappa shape index (κ1) is 18.9. The second-order valence-electron chi connectivity index (χ2n) is 8.79. The molecule has 7 nitrogen and oxygen atoms in total. The molecule has 2 aromatic heterocycles. The van der Waals surface area contributed by atoms with Crippen LogP contribution in [-0.4, -0.2) is 63.9 Å². The Bertz CT molecular complexity index is 860. The summed E-state index contributed by atoms with van der Waals surface area (Å²) in [5.41, 5.74) is 4.31. The molecule has 2 aliphatic heterocycles. The molecule has 0 radical (unpaired) electrons. The van der Waals surface area contributed by atoms with Gasteiger partial charge in [-0.3, -0.25) is 9.58 Å². The number of hydrogen-bond acceptors (Lipinski definition) is 6. The normalized spacial score (nSPS) is 20.3. The van der Waals surface area contributed by atoms with Gasteiger partial charge in [0.2, 0.25) is 0 Å². The summed E-state index contributed by atoms with van der Waals surface area (Å²) in [7, 11) is 2.12. The minimum absolute atomic E-state index is 0.883. The lowest BCUT2D eigenvalue weighted by Gasteiger charge is -2.36. The van der Waals surface area contributed by atoms with Crippen molar-refractivity contribution in [1.82, 2.24) is 24.6 Å². The number of rotatable bonds is 4. The van der Waals surface area contributed by atoms with E-state index in [0.29, 0.717) is 0 Å². The molecule has 2 aromatic rings. The molecule has 0 unspecified atom stereocenters. The Morgan fingerprint density at radius 1 is 0.828 bits per heavy atom. The van der Waals surface area contributed by atoms with E-state index in [0.717, 1.165) is 69.7 Å². The first-order chi connectivity index (χ1) is 14.2. The van der Waals surface area contributed by atoms with Crippen molar-refractivity contribution in [3.8, 4) is 0 Å². The average Bonchev–Trinajstić information content (AvgIpc) is 3.37. The van der Waals surface area contributed by atoms with Crippen LogP contribution in [0.5, 0.6) is 0 Å². The average molecular weight is 396 g/mol. The zero-order valence-electron chi connectivity index (χ0n) is 17.9. The first-order valence-corrected chi connectivity index (χ1v) is 11.3. The van der Waals surface area contributed by atoms with Gasteiger partial charge in [-0.05, 0) is 51.0 Å². The number of aromatic nitrogens is 4. The second-order valence-corrected chi connectivity index (χ2v) is 8.79. The van der Waals surface area contributed by atoms with Gasteiger partial charge in [-0.15, -0.1) is 0 Å². The summed E-state index contributed by atoms with van der Waals surface area (Å²) in [5, 5.41) is 4.79. The molecule has 1 aliphatic carbocycles. The zero-order chi connectivity index (χ0) is 19.8. The van der Waals surface area contributed by atoms with Crippen molar-refractivity contribution in [2.45, 2.75) is 52.0 Å². The van der Waals surface area contributed by atoms with E-state index < -0.39 is 0 Å². The van der Waals surface area contributed by atoms with E-state index >= 15 is 0 Å². The van der Waals surface area contributed by atoms with Crippen molar-refractivity contribution in [2.75, 3.05) is 49.1 Å². The van der Waals surface area contributed by atoms with E-state index in [2.05, 4.69) is 32.5 Å². The molecule has 0 atom stereocenters. The smallest absolute Gasteiger partial charge is 0.134 e. The van der Waals surface area contributed by atoms with Crippen LogP contribution in [-0.2, 0) is 26.4 Å². The molecule has 0 spiro atoms. The van der Waals surface area contributed by atoms with Crippen LogP contribution in [0.3, 0.4) is 0 Å². The van der Waals surface area contributed by atoms with Gasteiger partial charge in [0.15, 0.2) is 0 Å². The molecule has 0 aromatic carbocycles. The molecule has 156 valence electrons. The Balaban J connectivity index is 1.25. The molecule has 0 amide bonds. The van der Waals surface area contributed by atoms with Gasteiger partial charge >= 0.3 is 0 Å². The van der Waals surface area contributed by atoms with Crippen LogP contribution >= 0.6 is 0 Å². The first-order valence-electron chi connectivity index (χ1n) is 11.3. The molecule has 7 heteroatoms. The zero-order valence-corrected chi connectivity index (χ0v) is 17.9. The summed E-state index contributed by atoms with van der Waals surface area (Å²) in [6.07, 6.45) is 7.51. The van der Waals surface area contributed by atoms with Gasteiger partial charge in [-0.2, -0.15) is 5.10 Å². The van der Waals surface area contributed by atoms with Crippen molar-refractivity contribution >= 4 is 11.6 Å². The Labute approximate surface area is 173 Å². The van der Waals surface area contributed by atoms with Crippen LogP contribution in [0.4, 0.5) is 11.6 Å². The lowest BCUT2D eigenvalue weighted by Crippen LogP contribution is -2.46. The van der Waals surface area contributed by atoms with E-state index in [-0.39, 0.29) is 0 Å². The molecule has 0 saturated carbocycles. The van der Waals surface area contributed by atoms with E-state index in [1.807, 2.05) is 6.92 Å². The second kappa shape index (κ2) is 7.94. The van der Waals surface area contributed by atoms with Gasteiger partial charge in [0.1, 0.15) is 17.5 Å². The van der Waals surface area contributed by atoms with Crippen molar-refractivity contribution in [1.29, 1.82) is 0 Å². The topological polar surface area (TPSA) is 53.3 Å². The number of hydrogen-bond donors (Lipinski definition) is 0. The maximum absolute atomic E-state index is 4.79. The van der Waals surface area contributed by atoms with E-state index in [4.69, 9.17) is 15.1 Å². The maximum Gasteiger partial charge on any atom is 0.134 e. The SMILES string of the molecule is Cc1nc(N2CCCC2)cc(N2CCN(Cc3c4c(nn3C)CCCC4)CC2)n1. The molecule has 0 N–H and O–H groups in total. The van der Waals surface area contributed by atoms with Crippen LogP contribution in [0.1, 0.15) is 48.5 Å². The van der Waals surface area contributed by atoms with Gasteiger partial charge in [0.25, 0.3) is 0 Å². The molecule has 2 saturated heterocycles. The lowest BCUT2D eigenvalue weighted by atomic mass is 9.95. The van der Waals surface area contributed by atoms with E-state index in [1.54, 1.807) is 0 Å². The summed E-state index contributed by atoms with van der Waals surface area (Å²) in [5.74, 6) is 3.08. The minimum Gasteiger partial charge on any atom is -0.356 e. The third kappa shape index (κ3) is 3.84. The van der Waals surface area contributed by atoms with Crippen molar-refractivity contribution in [3.63, 3.8) is 0 Å². The molecule has 4 heterocycles.